The summed E-state index contributed by atoms with van der Waals surface area (Å²) in [6.07, 6.45) is 2.83. The van der Waals surface area contributed by atoms with E-state index in [9.17, 15) is 9.59 Å². The van der Waals surface area contributed by atoms with Crippen LogP contribution in [-0.2, 0) is 9.59 Å². The molecule has 4 rings (SSSR count). The number of carbonyl (C=O) groups excluding carboxylic acids is 2. The van der Waals surface area contributed by atoms with Crippen molar-refractivity contribution in [1.29, 1.82) is 0 Å². The zero-order valence-electron chi connectivity index (χ0n) is 20.7. The second kappa shape index (κ2) is 10.1. The van der Waals surface area contributed by atoms with Crippen molar-refractivity contribution in [2.24, 2.45) is 10.8 Å². The van der Waals surface area contributed by atoms with Crippen LogP contribution >= 0.6 is 31.9 Å². The van der Waals surface area contributed by atoms with Crippen LogP contribution in [0.3, 0.4) is 0 Å². The summed E-state index contributed by atoms with van der Waals surface area (Å²) < 4.78 is 2.00. The van der Waals surface area contributed by atoms with Crippen molar-refractivity contribution in [3.8, 4) is 0 Å². The molecule has 0 spiro atoms. The summed E-state index contributed by atoms with van der Waals surface area (Å²) in [5.74, 6) is 0.239. The number of rotatable bonds is 6. The van der Waals surface area contributed by atoms with Gasteiger partial charge in [0.2, 0.25) is 0 Å². The van der Waals surface area contributed by atoms with Gasteiger partial charge in [0.05, 0.1) is 0 Å². The van der Waals surface area contributed by atoms with Gasteiger partial charge in [0.25, 0.3) is 0 Å². The molecule has 0 aromatic heterocycles. The number of allylic oxidation sites excluding steroid dienone is 4. The molecule has 0 unspecified atom stereocenters. The molecule has 0 saturated heterocycles. The standard InChI is InChI=1S/C29H32Br2N2O2/c1-28(2)14-24(32-20-9-5-18(30)6-10-20)22(26(34)16-28)13-23-25(15-29(3,4)17-27(23)35)33-21-11-7-19(31)8-12-21/h5-12,32-33H,13-17H2,1-4H3. The van der Waals surface area contributed by atoms with Crippen LogP contribution < -0.4 is 10.6 Å². The summed E-state index contributed by atoms with van der Waals surface area (Å²) in [5.41, 5.74) is 4.89. The van der Waals surface area contributed by atoms with Crippen molar-refractivity contribution in [2.75, 3.05) is 10.6 Å². The van der Waals surface area contributed by atoms with Gasteiger partial charge in [0, 0.05) is 62.1 Å². The van der Waals surface area contributed by atoms with Crippen LogP contribution in [0, 0.1) is 10.8 Å². The fraction of sp³-hybridized carbons (Fsp3) is 0.379. The zero-order valence-corrected chi connectivity index (χ0v) is 23.9. The molecule has 2 aromatic rings. The Morgan fingerprint density at radius 2 is 0.971 bits per heavy atom. The number of halogens is 2. The molecule has 184 valence electrons. The number of Topliss-reactive ketones (excluding diaryl/α,β-unsaturated/α-hetero) is 2. The van der Waals surface area contributed by atoms with Crippen molar-refractivity contribution in [1.82, 2.24) is 0 Å². The van der Waals surface area contributed by atoms with E-state index < -0.39 is 0 Å². The maximum Gasteiger partial charge on any atom is 0.161 e. The van der Waals surface area contributed by atoms with Gasteiger partial charge in [-0.25, -0.2) is 0 Å². The molecule has 6 heteroatoms. The summed E-state index contributed by atoms with van der Waals surface area (Å²) >= 11 is 6.96. The van der Waals surface area contributed by atoms with Gasteiger partial charge in [-0.3, -0.25) is 9.59 Å². The molecular weight excluding hydrogens is 568 g/mol. The highest BCUT2D eigenvalue weighted by molar-refractivity contribution is 9.10. The minimum atomic E-state index is -0.135. The third-order valence-corrected chi connectivity index (χ3v) is 7.68. The monoisotopic (exact) mass is 598 g/mol. The molecule has 0 bridgehead atoms. The van der Waals surface area contributed by atoms with Gasteiger partial charge >= 0.3 is 0 Å². The van der Waals surface area contributed by atoms with Crippen LogP contribution in [0.1, 0.15) is 59.8 Å². The van der Waals surface area contributed by atoms with E-state index in [0.29, 0.717) is 19.3 Å². The number of carbonyl (C=O) groups is 2. The molecule has 4 nitrogen and oxygen atoms in total. The fourth-order valence-corrected chi connectivity index (χ4v) is 5.48. The highest BCUT2D eigenvalue weighted by Crippen LogP contribution is 2.43. The minimum Gasteiger partial charge on any atom is -0.359 e. The average Bonchev–Trinajstić information content (AvgIpc) is 2.74. The fourth-order valence-electron chi connectivity index (χ4n) is 4.96. The average molecular weight is 600 g/mol. The lowest BCUT2D eigenvalue weighted by molar-refractivity contribution is -0.118. The number of anilines is 2. The quantitative estimate of drug-likeness (QED) is 0.350. The SMILES string of the molecule is CC1(C)CC(=O)C(CC2=C(Nc3ccc(Br)cc3)CC(C)(C)CC2=O)=C(Nc2ccc(Br)cc2)C1. The first kappa shape index (κ1) is 25.9. The first-order valence-corrected chi connectivity index (χ1v) is 13.6. The normalized spacial score (nSPS) is 19.7. The Balaban J connectivity index is 1.74. The number of ketones is 2. The summed E-state index contributed by atoms with van der Waals surface area (Å²) in [6.45, 7) is 8.50. The molecule has 0 radical (unpaired) electrons. The second-order valence-corrected chi connectivity index (χ2v) is 13.1. The molecule has 2 aromatic carbocycles. The van der Waals surface area contributed by atoms with Crippen molar-refractivity contribution >= 4 is 54.8 Å². The summed E-state index contributed by atoms with van der Waals surface area (Å²) in [7, 11) is 0. The van der Waals surface area contributed by atoms with Crippen molar-refractivity contribution in [3.05, 3.63) is 80.0 Å². The Labute approximate surface area is 224 Å². The van der Waals surface area contributed by atoms with E-state index in [1.807, 2.05) is 48.5 Å². The largest absolute Gasteiger partial charge is 0.359 e. The number of benzene rings is 2. The minimum absolute atomic E-state index is 0.119. The molecule has 0 aliphatic heterocycles. The van der Waals surface area contributed by atoms with Gasteiger partial charge in [-0.15, -0.1) is 0 Å². The van der Waals surface area contributed by atoms with Crippen LogP contribution in [0.15, 0.2) is 80.0 Å². The topological polar surface area (TPSA) is 58.2 Å². The van der Waals surface area contributed by atoms with E-state index in [4.69, 9.17) is 0 Å². The Morgan fingerprint density at radius 1 is 0.629 bits per heavy atom. The third-order valence-electron chi connectivity index (χ3n) is 6.62. The number of hydrogen-bond acceptors (Lipinski definition) is 4. The van der Waals surface area contributed by atoms with Gasteiger partial charge < -0.3 is 10.6 Å². The van der Waals surface area contributed by atoms with Crippen LogP contribution in [0.5, 0.6) is 0 Å². The van der Waals surface area contributed by atoms with E-state index in [1.54, 1.807) is 0 Å². The highest BCUT2D eigenvalue weighted by atomic mass is 79.9. The highest BCUT2D eigenvalue weighted by Gasteiger charge is 2.37. The Morgan fingerprint density at radius 3 is 1.31 bits per heavy atom. The zero-order chi connectivity index (χ0) is 25.4. The summed E-state index contributed by atoms with van der Waals surface area (Å²) in [4.78, 5) is 26.8. The van der Waals surface area contributed by atoms with Gasteiger partial charge in [-0.05, 0) is 72.2 Å². The van der Waals surface area contributed by atoms with E-state index in [-0.39, 0.29) is 22.4 Å². The molecule has 2 aliphatic rings. The van der Waals surface area contributed by atoms with Crippen LogP contribution in [0.2, 0.25) is 0 Å². The molecule has 35 heavy (non-hydrogen) atoms. The second-order valence-electron chi connectivity index (χ2n) is 11.2. The summed E-state index contributed by atoms with van der Waals surface area (Å²) in [6, 6.07) is 15.9. The van der Waals surface area contributed by atoms with Gasteiger partial charge in [0.1, 0.15) is 0 Å². The molecule has 0 saturated carbocycles. The van der Waals surface area contributed by atoms with E-state index in [2.05, 4.69) is 70.2 Å². The lowest BCUT2D eigenvalue weighted by Gasteiger charge is -2.35. The first-order valence-electron chi connectivity index (χ1n) is 12.0. The Hall–Kier alpha value is -2.18. The third kappa shape index (κ3) is 6.53. The first-order chi connectivity index (χ1) is 16.4. The van der Waals surface area contributed by atoms with Crippen molar-refractivity contribution in [2.45, 2.75) is 59.8 Å². The summed E-state index contributed by atoms with van der Waals surface area (Å²) in [5, 5.41) is 7.03. The molecular formula is C29H32Br2N2O2. The Bertz CT molecular complexity index is 1110. The maximum atomic E-state index is 13.4. The van der Waals surface area contributed by atoms with Crippen LogP contribution in [0.4, 0.5) is 11.4 Å². The predicted octanol–water partition coefficient (Wildman–Crippen LogP) is 8.41. The lowest BCUT2D eigenvalue weighted by Crippen LogP contribution is -2.32. The number of nitrogens with one attached hydrogen (secondary N) is 2. The lowest BCUT2D eigenvalue weighted by atomic mass is 9.71. The number of hydrogen-bond donors (Lipinski definition) is 2. The maximum absolute atomic E-state index is 13.4. The predicted molar refractivity (Wildman–Crippen MR) is 150 cm³/mol. The van der Waals surface area contributed by atoms with E-state index >= 15 is 0 Å². The van der Waals surface area contributed by atoms with Gasteiger partial charge in [0.15, 0.2) is 11.6 Å². The molecule has 2 N–H and O–H groups in total. The van der Waals surface area contributed by atoms with Crippen LogP contribution in [0.25, 0.3) is 0 Å². The van der Waals surface area contributed by atoms with Crippen molar-refractivity contribution in [3.63, 3.8) is 0 Å². The molecule has 0 heterocycles. The smallest absolute Gasteiger partial charge is 0.161 e. The van der Waals surface area contributed by atoms with Crippen LogP contribution in [-0.4, -0.2) is 11.6 Å². The van der Waals surface area contributed by atoms with Gasteiger partial charge in [-0.1, -0.05) is 59.6 Å². The Kier molecular flexibility index (Phi) is 7.44. The van der Waals surface area contributed by atoms with Gasteiger partial charge in [-0.2, -0.15) is 0 Å². The molecule has 2 aliphatic carbocycles. The molecule has 0 amide bonds. The molecule has 0 fully saturated rings. The van der Waals surface area contributed by atoms with E-state index in [1.165, 1.54) is 0 Å². The molecule has 0 atom stereocenters. The van der Waals surface area contributed by atoms with E-state index in [0.717, 1.165) is 55.7 Å². The van der Waals surface area contributed by atoms with Crippen molar-refractivity contribution < 1.29 is 9.59 Å².